The Morgan fingerprint density at radius 2 is 1.70 bits per heavy atom. The van der Waals surface area contributed by atoms with Gasteiger partial charge in [0.05, 0.1) is 21.6 Å². The number of nitrogens with zero attached hydrogens (tertiary/aromatic N) is 1. The van der Waals surface area contributed by atoms with Crippen LogP contribution in [0.25, 0.3) is 10.8 Å². The molecule has 0 fully saturated rings. The van der Waals surface area contributed by atoms with Gasteiger partial charge in [-0.25, -0.2) is 5.43 Å². The fourth-order valence-corrected chi connectivity index (χ4v) is 5.38. The van der Waals surface area contributed by atoms with E-state index in [1.807, 2.05) is 36.4 Å². The van der Waals surface area contributed by atoms with Gasteiger partial charge in [-0.3, -0.25) is 4.79 Å². The van der Waals surface area contributed by atoms with Crippen LogP contribution in [0.1, 0.15) is 11.1 Å². The molecule has 0 bridgehead atoms. The number of amides is 1. The lowest BCUT2D eigenvalue weighted by Gasteiger charge is -2.08. The van der Waals surface area contributed by atoms with Gasteiger partial charge in [-0.1, -0.05) is 62.2 Å². The molecule has 0 saturated heterocycles. The summed E-state index contributed by atoms with van der Waals surface area (Å²) in [5.74, 6) is -0.167. The number of hydrogen-bond donors (Lipinski definition) is 2. The van der Waals surface area contributed by atoms with Crippen molar-refractivity contribution >= 4 is 86.6 Å². The highest BCUT2D eigenvalue weighted by Crippen LogP contribution is 2.38. The van der Waals surface area contributed by atoms with E-state index in [0.717, 1.165) is 25.3 Å². The first-order chi connectivity index (χ1) is 12.9. The zero-order chi connectivity index (χ0) is 19.6. The molecule has 0 spiro atoms. The van der Waals surface area contributed by atoms with E-state index in [1.165, 1.54) is 6.21 Å². The van der Waals surface area contributed by atoms with Crippen molar-refractivity contribution in [2.45, 2.75) is 6.42 Å². The number of phenols is 1. The highest BCUT2D eigenvalue weighted by molar-refractivity contribution is 9.11. The molecule has 4 nitrogen and oxygen atoms in total. The van der Waals surface area contributed by atoms with E-state index in [4.69, 9.17) is 0 Å². The molecule has 0 saturated carbocycles. The van der Waals surface area contributed by atoms with E-state index in [1.54, 1.807) is 6.07 Å². The summed E-state index contributed by atoms with van der Waals surface area (Å²) >= 11 is 13.5. The first-order valence-electron chi connectivity index (χ1n) is 7.73. The first-order valence-corrected chi connectivity index (χ1v) is 10.9. The third-order valence-electron chi connectivity index (χ3n) is 3.88. The molecule has 3 aromatic rings. The number of hydrazone groups is 1. The molecule has 0 aliphatic rings. The molecule has 1 amide bonds. The third kappa shape index (κ3) is 4.62. The summed E-state index contributed by atoms with van der Waals surface area (Å²) in [5, 5.41) is 16.1. The van der Waals surface area contributed by atoms with Crippen molar-refractivity contribution in [2.75, 3.05) is 0 Å². The number of halogens is 4. The lowest BCUT2D eigenvalue weighted by Crippen LogP contribution is -2.20. The van der Waals surface area contributed by atoms with Crippen LogP contribution in [-0.4, -0.2) is 17.2 Å². The number of benzene rings is 3. The Hall–Kier alpha value is -1.22. The van der Waals surface area contributed by atoms with Crippen molar-refractivity contribution in [1.82, 2.24) is 5.43 Å². The molecule has 0 unspecified atom stereocenters. The SMILES string of the molecule is O=C(Cc1ccc(Br)c2ccccc12)N/N=C/c1c(Br)cc(Br)c(O)c1Br. The van der Waals surface area contributed by atoms with Crippen LogP contribution in [0.2, 0.25) is 0 Å². The van der Waals surface area contributed by atoms with E-state index in [0.29, 0.717) is 14.5 Å². The Morgan fingerprint density at radius 1 is 1.00 bits per heavy atom. The first kappa shape index (κ1) is 20.5. The quantitative estimate of drug-likeness (QED) is 0.267. The van der Waals surface area contributed by atoms with Crippen LogP contribution in [-0.2, 0) is 11.2 Å². The highest BCUT2D eigenvalue weighted by atomic mass is 79.9. The molecular formula is C19H12Br4N2O2. The molecule has 27 heavy (non-hydrogen) atoms. The second-order valence-corrected chi connectivity index (χ2v) is 8.99. The summed E-state index contributed by atoms with van der Waals surface area (Å²) in [6.45, 7) is 0. The molecule has 138 valence electrons. The molecule has 8 heteroatoms. The van der Waals surface area contributed by atoms with Gasteiger partial charge in [-0.2, -0.15) is 5.10 Å². The number of aromatic hydroxyl groups is 1. The zero-order valence-corrected chi connectivity index (χ0v) is 20.0. The maximum Gasteiger partial charge on any atom is 0.244 e. The fraction of sp³-hybridized carbons (Fsp3) is 0.0526. The largest absolute Gasteiger partial charge is 0.506 e. The predicted molar refractivity (Wildman–Crippen MR) is 122 cm³/mol. The minimum absolute atomic E-state index is 0.0623. The van der Waals surface area contributed by atoms with Crippen LogP contribution in [0.5, 0.6) is 5.75 Å². The Kier molecular flexibility index (Phi) is 6.73. The second kappa shape index (κ2) is 8.86. The molecule has 0 aromatic heterocycles. The highest BCUT2D eigenvalue weighted by Gasteiger charge is 2.12. The molecule has 3 rings (SSSR count). The summed E-state index contributed by atoms with van der Waals surface area (Å²) in [7, 11) is 0. The van der Waals surface area contributed by atoms with Gasteiger partial charge in [-0.05, 0) is 60.3 Å². The fourth-order valence-electron chi connectivity index (χ4n) is 2.57. The van der Waals surface area contributed by atoms with Gasteiger partial charge in [0, 0.05) is 14.5 Å². The van der Waals surface area contributed by atoms with Crippen molar-refractivity contribution < 1.29 is 9.90 Å². The normalized spacial score (nSPS) is 11.3. The molecule has 2 N–H and O–H groups in total. The lowest BCUT2D eigenvalue weighted by atomic mass is 10.0. The number of hydrogen-bond acceptors (Lipinski definition) is 3. The van der Waals surface area contributed by atoms with Crippen molar-refractivity contribution in [3.63, 3.8) is 0 Å². The topological polar surface area (TPSA) is 61.7 Å². The van der Waals surface area contributed by atoms with Gasteiger partial charge in [0.1, 0.15) is 5.75 Å². The molecule has 0 aliphatic carbocycles. The average Bonchev–Trinajstić information content (AvgIpc) is 2.65. The van der Waals surface area contributed by atoms with Crippen LogP contribution < -0.4 is 5.43 Å². The van der Waals surface area contributed by atoms with Gasteiger partial charge >= 0.3 is 0 Å². The van der Waals surface area contributed by atoms with E-state index in [9.17, 15) is 9.90 Å². The Balaban J connectivity index is 1.76. The van der Waals surface area contributed by atoms with Crippen LogP contribution in [0.15, 0.2) is 65.5 Å². The number of fused-ring (bicyclic) bond motifs is 1. The van der Waals surface area contributed by atoms with Gasteiger partial charge < -0.3 is 5.11 Å². The van der Waals surface area contributed by atoms with Crippen LogP contribution >= 0.6 is 63.7 Å². The number of rotatable bonds is 4. The number of carbonyl (C=O) groups excluding carboxylic acids is 1. The summed E-state index contributed by atoms with van der Waals surface area (Å²) in [6.07, 6.45) is 1.68. The minimum Gasteiger partial charge on any atom is -0.506 e. The monoisotopic (exact) mass is 616 g/mol. The molecule has 0 aliphatic heterocycles. The van der Waals surface area contributed by atoms with Crippen molar-refractivity contribution in [3.05, 3.63) is 71.5 Å². The van der Waals surface area contributed by atoms with Gasteiger partial charge in [0.15, 0.2) is 0 Å². The Morgan fingerprint density at radius 3 is 2.44 bits per heavy atom. The van der Waals surface area contributed by atoms with E-state index in [-0.39, 0.29) is 18.1 Å². The number of carbonyl (C=O) groups is 1. The standard InChI is InChI=1S/C19H12Br4N2O2/c20-14-6-5-10(11-3-1-2-4-12(11)14)7-17(26)25-24-9-13-15(21)8-16(22)19(27)18(13)23/h1-6,8-9,27H,7H2,(H,25,26)/b24-9+. The van der Waals surface area contributed by atoms with E-state index in [2.05, 4.69) is 74.2 Å². The van der Waals surface area contributed by atoms with Gasteiger partial charge in [0.25, 0.3) is 0 Å². The van der Waals surface area contributed by atoms with Gasteiger partial charge in [0.2, 0.25) is 5.91 Å². The van der Waals surface area contributed by atoms with Crippen LogP contribution in [0.4, 0.5) is 0 Å². The molecule has 0 heterocycles. The predicted octanol–water partition coefficient (Wildman–Crippen LogP) is 6.29. The summed E-state index contributed by atoms with van der Waals surface area (Å²) in [6, 6.07) is 13.5. The van der Waals surface area contributed by atoms with E-state index < -0.39 is 0 Å². The lowest BCUT2D eigenvalue weighted by molar-refractivity contribution is -0.120. The number of nitrogens with one attached hydrogen (secondary N) is 1. The molecule has 0 atom stereocenters. The van der Waals surface area contributed by atoms with Crippen LogP contribution in [0, 0.1) is 0 Å². The summed E-state index contributed by atoms with van der Waals surface area (Å²) in [5.41, 5.74) is 4.07. The molecule has 0 radical (unpaired) electrons. The smallest absolute Gasteiger partial charge is 0.244 e. The van der Waals surface area contributed by atoms with Crippen molar-refractivity contribution in [3.8, 4) is 5.75 Å². The van der Waals surface area contributed by atoms with Crippen LogP contribution in [0.3, 0.4) is 0 Å². The maximum atomic E-state index is 12.3. The van der Waals surface area contributed by atoms with Crippen molar-refractivity contribution in [2.24, 2.45) is 5.10 Å². The molecular weight excluding hydrogens is 608 g/mol. The summed E-state index contributed by atoms with van der Waals surface area (Å²) < 4.78 is 2.73. The average molecular weight is 620 g/mol. The third-order valence-corrected chi connectivity index (χ3v) is 6.63. The maximum absolute atomic E-state index is 12.3. The van der Waals surface area contributed by atoms with Crippen molar-refractivity contribution in [1.29, 1.82) is 0 Å². The summed E-state index contributed by atoms with van der Waals surface area (Å²) in [4.78, 5) is 12.3. The van der Waals surface area contributed by atoms with E-state index >= 15 is 0 Å². The minimum atomic E-state index is -0.229. The molecule has 3 aromatic carbocycles. The Bertz CT molecular complexity index is 1070. The zero-order valence-electron chi connectivity index (χ0n) is 13.6. The second-order valence-electron chi connectivity index (χ2n) is 5.64. The Labute approximate surface area is 189 Å². The van der Waals surface area contributed by atoms with Gasteiger partial charge in [-0.15, -0.1) is 0 Å². The number of phenolic OH excluding ortho intramolecular Hbond substituents is 1.